The number of amides is 3. The highest BCUT2D eigenvalue weighted by atomic mass is 16.5. The maximum absolute atomic E-state index is 12.0. The van der Waals surface area contributed by atoms with Gasteiger partial charge in [0.05, 0.1) is 26.1 Å². The molecule has 4 N–H and O–H groups in total. The quantitative estimate of drug-likeness (QED) is 0.338. The predicted octanol–water partition coefficient (Wildman–Crippen LogP) is 0.657. The maximum Gasteiger partial charge on any atom is 0.329 e. The van der Waals surface area contributed by atoms with Crippen molar-refractivity contribution in [1.29, 1.82) is 0 Å². The fraction of sp³-hybridized carbons (Fsp3) is 0.158. The summed E-state index contributed by atoms with van der Waals surface area (Å²) in [7, 11) is 2.88. The highest BCUT2D eigenvalue weighted by molar-refractivity contribution is 6.39. The van der Waals surface area contributed by atoms with E-state index in [4.69, 9.17) is 19.9 Å². The van der Waals surface area contributed by atoms with E-state index in [1.807, 2.05) is 0 Å². The molecular formula is C19H20N4O6. The number of ether oxygens (including phenoxy) is 3. The van der Waals surface area contributed by atoms with Gasteiger partial charge in [-0.15, -0.1) is 0 Å². The number of hydrazone groups is 1. The molecule has 2 aromatic rings. The molecule has 0 unspecified atom stereocenters. The minimum absolute atomic E-state index is 0.291. The van der Waals surface area contributed by atoms with Gasteiger partial charge in [-0.2, -0.15) is 5.10 Å². The van der Waals surface area contributed by atoms with Crippen molar-refractivity contribution in [2.45, 2.75) is 0 Å². The van der Waals surface area contributed by atoms with Gasteiger partial charge in [-0.1, -0.05) is 12.1 Å². The number of nitrogens with two attached hydrogens (primary N) is 1. The Hall–Kier alpha value is -4.08. The van der Waals surface area contributed by atoms with E-state index in [-0.39, 0.29) is 6.61 Å². The summed E-state index contributed by atoms with van der Waals surface area (Å²) in [6.07, 6.45) is 1.31. The summed E-state index contributed by atoms with van der Waals surface area (Å²) in [5.41, 5.74) is 8.08. The lowest BCUT2D eigenvalue weighted by Gasteiger charge is -2.10. The van der Waals surface area contributed by atoms with Crippen LogP contribution in [0.2, 0.25) is 0 Å². The topological polar surface area (TPSA) is 141 Å². The summed E-state index contributed by atoms with van der Waals surface area (Å²) in [6.45, 7) is -0.291. The summed E-state index contributed by atoms with van der Waals surface area (Å²) in [5, 5.41) is 6.17. The fourth-order valence-electron chi connectivity index (χ4n) is 2.18. The molecular weight excluding hydrogens is 380 g/mol. The number of benzene rings is 2. The van der Waals surface area contributed by atoms with Crippen LogP contribution in [0, 0.1) is 0 Å². The van der Waals surface area contributed by atoms with Crippen molar-refractivity contribution in [3.05, 3.63) is 48.0 Å². The zero-order chi connectivity index (χ0) is 21.2. The van der Waals surface area contributed by atoms with Crippen molar-refractivity contribution in [2.75, 3.05) is 26.1 Å². The van der Waals surface area contributed by atoms with E-state index in [1.54, 1.807) is 42.5 Å². The second-order valence-corrected chi connectivity index (χ2v) is 5.52. The number of primary amides is 1. The molecule has 0 radical (unpaired) electrons. The number of para-hydroxylation sites is 2. The van der Waals surface area contributed by atoms with Gasteiger partial charge in [0.25, 0.3) is 5.91 Å². The lowest BCUT2D eigenvalue weighted by Crippen LogP contribution is -2.32. The third kappa shape index (κ3) is 6.24. The summed E-state index contributed by atoms with van der Waals surface area (Å²) in [4.78, 5) is 34.7. The lowest BCUT2D eigenvalue weighted by molar-refractivity contribution is -0.136. The third-order valence-electron chi connectivity index (χ3n) is 3.50. The maximum atomic E-state index is 12.0. The van der Waals surface area contributed by atoms with E-state index in [9.17, 15) is 14.4 Å². The smallest absolute Gasteiger partial charge is 0.329 e. The average molecular weight is 400 g/mol. The van der Waals surface area contributed by atoms with Crippen LogP contribution in [0.5, 0.6) is 17.2 Å². The molecule has 10 nitrogen and oxygen atoms in total. The van der Waals surface area contributed by atoms with Crippen LogP contribution in [0.15, 0.2) is 47.6 Å². The lowest BCUT2D eigenvalue weighted by atomic mass is 10.2. The first-order valence-corrected chi connectivity index (χ1v) is 8.31. The SMILES string of the molecule is COc1ccccc1NC(=O)C(=O)N/N=C\c1ccc(OCC(N)=O)c(OC)c1. The predicted molar refractivity (Wildman–Crippen MR) is 105 cm³/mol. The number of rotatable bonds is 8. The third-order valence-corrected chi connectivity index (χ3v) is 3.50. The van der Waals surface area contributed by atoms with E-state index in [2.05, 4.69) is 15.8 Å². The van der Waals surface area contributed by atoms with Crippen molar-refractivity contribution >= 4 is 29.6 Å². The van der Waals surface area contributed by atoms with E-state index in [0.29, 0.717) is 28.5 Å². The van der Waals surface area contributed by atoms with Gasteiger partial charge in [0.1, 0.15) is 5.75 Å². The number of hydrogen-bond donors (Lipinski definition) is 3. The number of nitrogens with one attached hydrogen (secondary N) is 2. The van der Waals surface area contributed by atoms with Crippen molar-refractivity contribution in [1.82, 2.24) is 5.43 Å². The monoisotopic (exact) mass is 400 g/mol. The number of carbonyl (C=O) groups excluding carboxylic acids is 3. The minimum Gasteiger partial charge on any atom is -0.495 e. The molecule has 0 aliphatic heterocycles. The van der Waals surface area contributed by atoms with Gasteiger partial charge < -0.3 is 25.3 Å². The molecule has 0 heterocycles. The Balaban J connectivity index is 1.96. The second kappa shape index (κ2) is 10.3. The molecule has 0 saturated heterocycles. The fourth-order valence-corrected chi connectivity index (χ4v) is 2.18. The van der Waals surface area contributed by atoms with Crippen LogP contribution in [0.3, 0.4) is 0 Å². The highest BCUT2D eigenvalue weighted by Crippen LogP contribution is 2.27. The van der Waals surface area contributed by atoms with Crippen LogP contribution in [-0.2, 0) is 14.4 Å². The number of hydrogen-bond acceptors (Lipinski definition) is 7. The van der Waals surface area contributed by atoms with Gasteiger partial charge >= 0.3 is 11.8 Å². The molecule has 3 amide bonds. The molecule has 10 heteroatoms. The molecule has 0 bridgehead atoms. The van der Waals surface area contributed by atoms with E-state index >= 15 is 0 Å². The van der Waals surface area contributed by atoms with Gasteiger partial charge in [-0.3, -0.25) is 14.4 Å². The van der Waals surface area contributed by atoms with Crippen molar-refractivity contribution in [3.8, 4) is 17.2 Å². The zero-order valence-electron chi connectivity index (χ0n) is 15.8. The van der Waals surface area contributed by atoms with Gasteiger partial charge in [0.2, 0.25) is 0 Å². The van der Waals surface area contributed by atoms with Crippen molar-refractivity contribution in [3.63, 3.8) is 0 Å². The molecule has 0 spiro atoms. The first-order chi connectivity index (χ1) is 13.9. The van der Waals surface area contributed by atoms with Crippen LogP contribution in [-0.4, -0.2) is 44.8 Å². The Morgan fingerprint density at radius 1 is 1.00 bits per heavy atom. The number of nitrogens with zero attached hydrogens (tertiary/aromatic N) is 1. The molecule has 2 rings (SSSR count). The highest BCUT2D eigenvalue weighted by Gasteiger charge is 2.15. The van der Waals surface area contributed by atoms with Gasteiger partial charge in [-0.05, 0) is 35.9 Å². The van der Waals surface area contributed by atoms with Crippen LogP contribution in [0.1, 0.15) is 5.56 Å². The summed E-state index contributed by atoms with van der Waals surface area (Å²) in [6, 6.07) is 11.4. The first kappa shape index (κ1) is 21.2. The Kier molecular flexibility index (Phi) is 7.54. The number of anilines is 1. The minimum atomic E-state index is -0.958. The van der Waals surface area contributed by atoms with Crippen LogP contribution >= 0.6 is 0 Å². The molecule has 0 saturated carbocycles. The standard InChI is InChI=1S/C19H20N4O6/c1-27-14-6-4-3-5-13(14)22-18(25)19(26)23-21-10-12-7-8-15(16(9-12)28-2)29-11-17(20)24/h3-10H,11H2,1-2H3,(H2,20,24)(H,22,25)(H,23,26)/b21-10-. The van der Waals surface area contributed by atoms with Gasteiger partial charge in [0, 0.05) is 0 Å². The molecule has 0 fully saturated rings. The van der Waals surface area contributed by atoms with Crippen molar-refractivity contribution < 1.29 is 28.6 Å². The molecule has 0 aliphatic carbocycles. The Morgan fingerprint density at radius 3 is 2.41 bits per heavy atom. The first-order valence-electron chi connectivity index (χ1n) is 8.31. The Morgan fingerprint density at radius 2 is 1.72 bits per heavy atom. The molecule has 0 aromatic heterocycles. The summed E-state index contributed by atoms with van der Waals surface area (Å²) < 4.78 is 15.5. The van der Waals surface area contributed by atoms with Crippen molar-refractivity contribution in [2.24, 2.45) is 10.8 Å². The average Bonchev–Trinajstić information content (AvgIpc) is 2.72. The Bertz CT molecular complexity index is 929. The second-order valence-electron chi connectivity index (χ2n) is 5.52. The Labute approximate surface area is 166 Å². The van der Waals surface area contributed by atoms with E-state index in [1.165, 1.54) is 20.4 Å². The van der Waals surface area contributed by atoms with Crippen LogP contribution < -0.4 is 30.7 Å². The van der Waals surface area contributed by atoms with E-state index < -0.39 is 17.7 Å². The normalized spacial score (nSPS) is 10.3. The summed E-state index contributed by atoms with van der Waals surface area (Å²) in [5.74, 6) is -1.39. The molecule has 0 atom stereocenters. The zero-order valence-corrected chi connectivity index (χ0v) is 15.8. The summed E-state index contributed by atoms with van der Waals surface area (Å²) >= 11 is 0. The number of methoxy groups -OCH3 is 2. The van der Waals surface area contributed by atoms with Gasteiger partial charge in [-0.25, -0.2) is 5.43 Å². The largest absolute Gasteiger partial charge is 0.495 e. The molecule has 152 valence electrons. The van der Waals surface area contributed by atoms with E-state index in [0.717, 1.165) is 0 Å². The van der Waals surface area contributed by atoms with Crippen LogP contribution in [0.4, 0.5) is 5.69 Å². The molecule has 0 aliphatic rings. The number of carbonyl (C=O) groups is 3. The molecule has 2 aromatic carbocycles. The van der Waals surface area contributed by atoms with Gasteiger partial charge in [0.15, 0.2) is 18.1 Å². The molecule has 29 heavy (non-hydrogen) atoms. The van der Waals surface area contributed by atoms with Crippen LogP contribution in [0.25, 0.3) is 0 Å².